The fourth-order valence-electron chi connectivity index (χ4n) is 5.21. The van der Waals surface area contributed by atoms with Crippen molar-refractivity contribution in [2.45, 2.75) is 49.3 Å². The molecule has 4 aromatic rings. The van der Waals surface area contributed by atoms with E-state index < -0.39 is 83.2 Å². The normalized spacial score (nSPS) is 37.7. The van der Waals surface area contributed by atoms with E-state index in [1.165, 1.54) is 10.9 Å². The molecule has 0 amide bonds. The zero-order chi connectivity index (χ0) is 31.8. The van der Waals surface area contributed by atoms with Gasteiger partial charge in [0.05, 0.1) is 19.3 Å². The highest BCUT2D eigenvalue weighted by Gasteiger charge is 2.54. The van der Waals surface area contributed by atoms with E-state index in [1.54, 1.807) is 0 Å². The lowest BCUT2D eigenvalue weighted by Gasteiger charge is -2.26. The third kappa shape index (κ3) is 5.31. The van der Waals surface area contributed by atoms with Gasteiger partial charge in [-0.05, 0) is 0 Å². The van der Waals surface area contributed by atoms with Crippen molar-refractivity contribution < 1.29 is 56.9 Å². The second-order valence-electron chi connectivity index (χ2n) is 10.1. The molecule has 3 aliphatic rings. The lowest BCUT2D eigenvalue weighted by Crippen LogP contribution is -2.35. The molecule has 0 aromatic carbocycles. The Hall–Kier alpha value is -3.44. The SMILES string of the molecule is Nc1nc2c(ncn2[C@@H]2O[C@@H]3COP(=O)(O)OC4C(O)[C@H](n5cnc6c(N)ncnc65)O[C@@H]4OCP(=O)(O)OC2[C@H]3O)c(=O)[nH]1. The number of hydrogen-bond donors (Lipinski definition) is 7. The molecule has 45 heavy (non-hydrogen) atoms. The molecule has 3 aliphatic heterocycles. The number of anilines is 2. The van der Waals surface area contributed by atoms with Crippen molar-refractivity contribution in [1.29, 1.82) is 0 Å². The molecule has 0 saturated carbocycles. The number of rotatable bonds is 2. The van der Waals surface area contributed by atoms with Gasteiger partial charge in [-0.25, -0.2) is 24.5 Å². The van der Waals surface area contributed by atoms with Gasteiger partial charge in [0.1, 0.15) is 36.3 Å². The van der Waals surface area contributed by atoms with Crippen molar-refractivity contribution in [3.05, 3.63) is 29.3 Å². The summed E-state index contributed by atoms with van der Waals surface area (Å²) in [6.45, 7) is -0.815. The van der Waals surface area contributed by atoms with Crippen molar-refractivity contribution >= 4 is 49.5 Å². The minimum Gasteiger partial charge on any atom is -0.387 e. The molecule has 10 atom stereocenters. The third-order valence-electron chi connectivity index (χ3n) is 7.21. The van der Waals surface area contributed by atoms with E-state index in [0.717, 1.165) is 17.2 Å². The van der Waals surface area contributed by atoms with Crippen LogP contribution >= 0.6 is 15.4 Å². The second kappa shape index (κ2) is 10.8. The number of ether oxygens (including phenoxy) is 3. The first-order chi connectivity index (χ1) is 21.3. The van der Waals surface area contributed by atoms with Gasteiger partial charge in [0.2, 0.25) is 5.95 Å². The van der Waals surface area contributed by atoms with Crippen LogP contribution in [0.3, 0.4) is 0 Å². The van der Waals surface area contributed by atoms with Crippen molar-refractivity contribution in [3.8, 4) is 0 Å². The Balaban J connectivity index is 1.21. The maximum Gasteiger partial charge on any atom is 0.472 e. The van der Waals surface area contributed by atoms with E-state index >= 15 is 0 Å². The molecule has 2 bridgehead atoms. The first kappa shape index (κ1) is 30.2. The fraction of sp³-hybridized carbons (Fsp3) is 0.500. The number of nitrogen functional groups attached to an aromatic ring is 2. The smallest absolute Gasteiger partial charge is 0.387 e. The number of aromatic nitrogens is 8. The lowest BCUT2D eigenvalue weighted by molar-refractivity contribution is -0.167. The quantitative estimate of drug-likeness (QED) is 0.109. The Kier molecular flexibility index (Phi) is 7.27. The van der Waals surface area contributed by atoms with Gasteiger partial charge in [0.15, 0.2) is 53.8 Å². The molecular formula is C20H24N10O13P2. The lowest BCUT2D eigenvalue weighted by atomic mass is 10.1. The summed E-state index contributed by atoms with van der Waals surface area (Å²) in [5.41, 5.74) is 10.8. The van der Waals surface area contributed by atoms with Gasteiger partial charge in [-0.3, -0.25) is 37.0 Å². The van der Waals surface area contributed by atoms with Crippen molar-refractivity contribution in [3.63, 3.8) is 0 Å². The van der Waals surface area contributed by atoms with Crippen molar-refractivity contribution in [2.24, 2.45) is 0 Å². The third-order valence-corrected chi connectivity index (χ3v) is 9.25. The maximum atomic E-state index is 13.3. The summed E-state index contributed by atoms with van der Waals surface area (Å²) in [6.07, 6.45) is -10.7. The Labute approximate surface area is 248 Å². The summed E-state index contributed by atoms with van der Waals surface area (Å²) in [5.74, 6) is -0.252. The number of phosphoric ester groups is 1. The summed E-state index contributed by atoms with van der Waals surface area (Å²) in [5, 5.41) is 22.1. The maximum absolute atomic E-state index is 13.3. The Bertz CT molecular complexity index is 1940. The van der Waals surface area contributed by atoms with Gasteiger partial charge < -0.3 is 45.7 Å². The summed E-state index contributed by atoms with van der Waals surface area (Å²) in [7, 11) is -9.93. The predicted octanol–water partition coefficient (Wildman–Crippen LogP) is -2.34. The van der Waals surface area contributed by atoms with Crippen molar-refractivity contribution in [1.82, 2.24) is 39.0 Å². The molecule has 4 aromatic heterocycles. The number of aliphatic hydroxyl groups excluding tert-OH is 2. The van der Waals surface area contributed by atoms with Crippen LogP contribution < -0.4 is 17.0 Å². The van der Waals surface area contributed by atoms with Crippen LogP contribution in [-0.4, -0.2) is 109 Å². The molecule has 0 spiro atoms. The van der Waals surface area contributed by atoms with Gasteiger partial charge in [-0.15, -0.1) is 0 Å². The zero-order valence-electron chi connectivity index (χ0n) is 22.4. The monoisotopic (exact) mass is 674 g/mol. The molecule has 7 rings (SSSR count). The Morgan fingerprint density at radius 1 is 0.911 bits per heavy atom. The average molecular weight is 674 g/mol. The molecule has 242 valence electrons. The van der Waals surface area contributed by atoms with Crippen LogP contribution in [-0.2, 0) is 36.9 Å². The van der Waals surface area contributed by atoms with Gasteiger partial charge >= 0.3 is 15.4 Å². The number of nitrogens with one attached hydrogen (secondary N) is 1. The highest BCUT2D eigenvalue weighted by molar-refractivity contribution is 7.52. The van der Waals surface area contributed by atoms with E-state index in [9.17, 15) is 33.9 Å². The summed E-state index contributed by atoms with van der Waals surface area (Å²) in [6, 6.07) is 0. The van der Waals surface area contributed by atoms with Gasteiger partial charge in [0, 0.05) is 0 Å². The van der Waals surface area contributed by atoms with Crippen LogP contribution in [0.4, 0.5) is 11.8 Å². The first-order valence-electron chi connectivity index (χ1n) is 12.9. The Morgan fingerprint density at radius 2 is 1.64 bits per heavy atom. The van der Waals surface area contributed by atoms with E-state index in [2.05, 4.69) is 29.9 Å². The molecule has 0 radical (unpaired) electrons. The first-order valence-corrected chi connectivity index (χ1v) is 16.2. The largest absolute Gasteiger partial charge is 0.472 e. The fourth-order valence-corrected chi connectivity index (χ4v) is 7.15. The molecule has 23 nitrogen and oxygen atoms in total. The molecule has 9 N–H and O–H groups in total. The van der Waals surface area contributed by atoms with Crippen molar-refractivity contribution in [2.75, 3.05) is 24.4 Å². The number of hydrogen-bond acceptors (Lipinski definition) is 18. The number of aliphatic hydroxyl groups is 2. The van der Waals surface area contributed by atoms with E-state index in [-0.39, 0.29) is 34.1 Å². The standard InChI is InChI=1S/C20H24N10O13P2/c21-13-7-14(24-2-23-13)29(3-25-7)17-10(32)12-19(41-17)38-5-44(34,35)42-11-9(31)6(1-39-45(36,37)43-12)40-18(11)30-4-26-8-15(30)27-20(22)28-16(8)33/h2-4,6,9-12,17-19,31-32H,1,5H2,(H,34,35)(H,36,37)(H2,21,23,24)(H3,22,27,28,33)/t6-,9+,10?,11?,12?,17-,18-,19+/m1/s1. The minimum atomic E-state index is -5.09. The molecular weight excluding hydrogens is 650 g/mol. The summed E-state index contributed by atoms with van der Waals surface area (Å²) < 4.78 is 61.4. The van der Waals surface area contributed by atoms with Crippen LogP contribution in [0.2, 0.25) is 0 Å². The van der Waals surface area contributed by atoms with E-state index in [4.69, 9.17) is 39.2 Å². The van der Waals surface area contributed by atoms with Crippen LogP contribution in [0.15, 0.2) is 23.8 Å². The number of phosphoric acid groups is 1. The number of imidazole rings is 2. The number of fused-ring (bicyclic) bond motifs is 5. The second-order valence-corrected chi connectivity index (χ2v) is 13.3. The highest BCUT2D eigenvalue weighted by Crippen LogP contribution is 2.53. The number of nitrogens with two attached hydrogens (primary N) is 2. The molecule has 25 heteroatoms. The number of aromatic amines is 1. The van der Waals surface area contributed by atoms with Gasteiger partial charge in [-0.2, -0.15) is 4.98 Å². The molecule has 7 heterocycles. The van der Waals surface area contributed by atoms with Gasteiger partial charge in [0.25, 0.3) is 5.56 Å². The Morgan fingerprint density at radius 3 is 2.42 bits per heavy atom. The van der Waals surface area contributed by atoms with Crippen LogP contribution in [0, 0.1) is 0 Å². The summed E-state index contributed by atoms with van der Waals surface area (Å²) in [4.78, 5) is 55.9. The van der Waals surface area contributed by atoms with Crippen LogP contribution in [0.25, 0.3) is 22.3 Å². The number of nitrogens with zero attached hydrogens (tertiary/aromatic N) is 7. The highest BCUT2D eigenvalue weighted by atomic mass is 31.2. The zero-order valence-corrected chi connectivity index (χ0v) is 24.2. The molecule has 3 fully saturated rings. The van der Waals surface area contributed by atoms with Crippen LogP contribution in [0.5, 0.6) is 0 Å². The van der Waals surface area contributed by atoms with E-state index in [0.29, 0.717) is 0 Å². The number of H-pyrrole nitrogens is 1. The summed E-state index contributed by atoms with van der Waals surface area (Å²) >= 11 is 0. The molecule has 0 aliphatic carbocycles. The molecule has 3 saturated heterocycles. The predicted molar refractivity (Wildman–Crippen MR) is 143 cm³/mol. The molecule has 5 unspecified atom stereocenters. The topological polar surface area (TPSA) is 330 Å². The average Bonchev–Trinajstić information content (AvgIpc) is 3.72. The van der Waals surface area contributed by atoms with Gasteiger partial charge in [-0.1, -0.05) is 0 Å². The van der Waals surface area contributed by atoms with Crippen LogP contribution in [0.1, 0.15) is 12.5 Å². The minimum absolute atomic E-state index is 0.0278. The van der Waals surface area contributed by atoms with E-state index in [1.807, 2.05) is 0 Å².